The summed E-state index contributed by atoms with van der Waals surface area (Å²) < 4.78 is 5.49. The van der Waals surface area contributed by atoms with E-state index in [4.69, 9.17) is 4.74 Å². The number of ether oxygens (including phenoxy) is 1. The number of hydrogen-bond acceptors (Lipinski definition) is 5. The minimum absolute atomic E-state index is 0.0131. The first-order valence-corrected chi connectivity index (χ1v) is 37.1. The summed E-state index contributed by atoms with van der Waals surface area (Å²) in [6.45, 7) is 4.93. The van der Waals surface area contributed by atoms with Crippen LogP contribution in [-0.2, 0) is 14.3 Å². The zero-order chi connectivity index (χ0) is 58.5. The number of rotatable bonds is 70. The SMILES string of the molecule is CCCCCCC/C=C\CCCCCCCC(=O)OCCCCCCCCCCCCCCCCCCCCCCCCCCCCCCCCCCC(=O)NC(CO)C(O)/C=C/CCCCCCCCCCCCCCCCCC. The Balaban J connectivity index is 3.34. The normalized spacial score (nSPS) is 12.6. The van der Waals surface area contributed by atoms with E-state index in [1.54, 1.807) is 6.08 Å². The van der Waals surface area contributed by atoms with Gasteiger partial charge in [0.25, 0.3) is 0 Å². The molecule has 0 radical (unpaired) electrons. The maximum atomic E-state index is 12.5. The second-order valence-corrected chi connectivity index (χ2v) is 25.6. The first kappa shape index (κ1) is 79.3. The van der Waals surface area contributed by atoms with Gasteiger partial charge in [-0.1, -0.05) is 372 Å². The van der Waals surface area contributed by atoms with Gasteiger partial charge in [-0.3, -0.25) is 9.59 Å². The fourth-order valence-electron chi connectivity index (χ4n) is 11.8. The second-order valence-electron chi connectivity index (χ2n) is 25.6. The van der Waals surface area contributed by atoms with E-state index in [0.29, 0.717) is 19.4 Å². The number of carbonyl (C=O) groups is 2. The topological polar surface area (TPSA) is 95.9 Å². The summed E-state index contributed by atoms with van der Waals surface area (Å²) in [6.07, 6.45) is 89.9. The van der Waals surface area contributed by atoms with E-state index in [-0.39, 0.29) is 18.5 Å². The molecule has 0 heterocycles. The van der Waals surface area contributed by atoms with E-state index in [1.807, 2.05) is 6.08 Å². The van der Waals surface area contributed by atoms with E-state index in [0.717, 1.165) is 44.9 Å². The molecule has 0 aromatic rings. The Labute approximate surface area is 507 Å². The number of nitrogens with one attached hydrogen (secondary N) is 1. The number of aliphatic hydroxyl groups excluding tert-OH is 2. The average Bonchev–Trinajstić information content (AvgIpc) is 3.47. The molecule has 0 aromatic heterocycles. The first-order valence-electron chi connectivity index (χ1n) is 37.1. The van der Waals surface area contributed by atoms with Crippen LogP contribution in [0.25, 0.3) is 0 Å². The van der Waals surface area contributed by atoms with Crippen LogP contribution in [0.3, 0.4) is 0 Å². The summed E-state index contributed by atoms with van der Waals surface area (Å²) in [6, 6.07) is -0.624. The summed E-state index contributed by atoms with van der Waals surface area (Å²) in [5.74, 6) is -0.0466. The van der Waals surface area contributed by atoms with Crippen LogP contribution in [0, 0.1) is 0 Å². The number of allylic oxidation sites excluding steroid dienone is 3. The van der Waals surface area contributed by atoms with Crippen molar-refractivity contribution in [1.29, 1.82) is 0 Å². The highest BCUT2D eigenvalue weighted by Crippen LogP contribution is 2.19. The van der Waals surface area contributed by atoms with Gasteiger partial charge in [0.2, 0.25) is 5.91 Å². The van der Waals surface area contributed by atoms with E-state index in [9.17, 15) is 19.8 Å². The molecule has 0 aliphatic rings. The third-order valence-electron chi connectivity index (χ3n) is 17.5. The zero-order valence-electron chi connectivity index (χ0n) is 55.0. The molecule has 6 heteroatoms. The second kappa shape index (κ2) is 70.8. The van der Waals surface area contributed by atoms with Crippen molar-refractivity contribution < 1.29 is 24.5 Å². The van der Waals surface area contributed by atoms with Gasteiger partial charge in [0.1, 0.15) is 0 Å². The minimum atomic E-state index is -0.841. The molecule has 0 bridgehead atoms. The van der Waals surface area contributed by atoms with E-state index in [2.05, 4.69) is 31.3 Å². The standard InChI is InChI=1S/C75H145NO5/c1-3-5-7-9-11-13-15-17-19-20-37-40-43-47-51-55-59-63-67-73(78)72(71-77)76-74(79)68-64-60-56-52-48-44-41-38-35-33-31-29-27-25-23-21-22-24-26-28-30-32-34-36-39-42-46-50-54-58-62-66-70-81-75(80)69-65-61-57-53-49-45-18-16-14-12-10-8-6-4-2/h16,18,63,67,72-73,77-78H,3-15,17,19-62,64-66,68-71H2,1-2H3,(H,76,79)/b18-16-,67-63+. The highest BCUT2D eigenvalue weighted by atomic mass is 16.5. The number of hydrogen-bond donors (Lipinski definition) is 3. The van der Waals surface area contributed by atoms with Crippen molar-refractivity contribution in [3.63, 3.8) is 0 Å². The van der Waals surface area contributed by atoms with Gasteiger partial charge in [-0.15, -0.1) is 0 Å². The van der Waals surface area contributed by atoms with Crippen LogP contribution in [-0.4, -0.2) is 47.4 Å². The molecule has 0 spiro atoms. The van der Waals surface area contributed by atoms with Crippen molar-refractivity contribution in [2.45, 2.75) is 431 Å². The van der Waals surface area contributed by atoms with Crippen LogP contribution < -0.4 is 5.32 Å². The molecule has 2 unspecified atom stereocenters. The lowest BCUT2D eigenvalue weighted by molar-refractivity contribution is -0.143. The Hall–Kier alpha value is -1.66. The Morgan fingerprint density at radius 2 is 0.580 bits per heavy atom. The number of amides is 1. The molecule has 0 rings (SSSR count). The number of esters is 1. The number of carbonyl (C=O) groups excluding carboxylic acids is 2. The molecule has 1 amide bonds. The molecule has 2 atom stereocenters. The fourth-order valence-corrected chi connectivity index (χ4v) is 11.8. The fraction of sp³-hybridized carbons (Fsp3) is 0.920. The van der Waals surface area contributed by atoms with Crippen LogP contribution in [0.5, 0.6) is 0 Å². The Bertz CT molecular complexity index is 1270. The van der Waals surface area contributed by atoms with Gasteiger partial charge in [-0.2, -0.15) is 0 Å². The summed E-state index contributed by atoms with van der Waals surface area (Å²) in [5, 5.41) is 23.2. The van der Waals surface area contributed by atoms with Gasteiger partial charge >= 0.3 is 5.97 Å². The molecule has 0 aliphatic carbocycles. The van der Waals surface area contributed by atoms with Gasteiger partial charge in [-0.05, 0) is 57.8 Å². The number of unbranched alkanes of at least 4 members (excludes halogenated alkanes) is 57. The van der Waals surface area contributed by atoms with Crippen LogP contribution >= 0.6 is 0 Å². The van der Waals surface area contributed by atoms with Gasteiger partial charge in [0.15, 0.2) is 0 Å². The van der Waals surface area contributed by atoms with Crippen LogP contribution in [0.1, 0.15) is 418 Å². The van der Waals surface area contributed by atoms with Crippen LogP contribution in [0.15, 0.2) is 24.3 Å². The highest BCUT2D eigenvalue weighted by molar-refractivity contribution is 5.76. The first-order chi connectivity index (χ1) is 40.0. The molecule has 0 fully saturated rings. The van der Waals surface area contributed by atoms with Gasteiger partial charge in [0.05, 0.1) is 25.4 Å². The largest absolute Gasteiger partial charge is 0.466 e. The zero-order valence-corrected chi connectivity index (χ0v) is 55.0. The Morgan fingerprint density at radius 3 is 0.877 bits per heavy atom. The molecule has 0 saturated carbocycles. The lowest BCUT2D eigenvalue weighted by atomic mass is 10.0. The summed E-state index contributed by atoms with van der Waals surface area (Å²) in [4.78, 5) is 24.6. The lowest BCUT2D eigenvalue weighted by Gasteiger charge is -2.20. The average molecular weight is 1140 g/mol. The van der Waals surface area contributed by atoms with Crippen molar-refractivity contribution in [3.05, 3.63) is 24.3 Å². The van der Waals surface area contributed by atoms with Crippen molar-refractivity contribution in [2.75, 3.05) is 13.2 Å². The van der Waals surface area contributed by atoms with Crippen molar-refractivity contribution in [1.82, 2.24) is 5.32 Å². The number of aliphatic hydroxyl groups is 2. The predicted molar refractivity (Wildman–Crippen MR) is 356 cm³/mol. The van der Waals surface area contributed by atoms with Crippen molar-refractivity contribution >= 4 is 11.9 Å². The van der Waals surface area contributed by atoms with Crippen molar-refractivity contribution in [2.24, 2.45) is 0 Å². The maximum Gasteiger partial charge on any atom is 0.305 e. The summed E-state index contributed by atoms with van der Waals surface area (Å²) in [7, 11) is 0. The molecule has 6 nitrogen and oxygen atoms in total. The lowest BCUT2D eigenvalue weighted by Crippen LogP contribution is -2.45. The summed E-state index contributed by atoms with van der Waals surface area (Å²) >= 11 is 0. The van der Waals surface area contributed by atoms with E-state index >= 15 is 0 Å². The Kier molecular flexibility index (Phi) is 69.4. The predicted octanol–water partition coefficient (Wildman–Crippen LogP) is 24.1. The monoisotopic (exact) mass is 1140 g/mol. The Morgan fingerprint density at radius 1 is 0.333 bits per heavy atom. The quantitative estimate of drug-likeness (QED) is 0.0320. The van der Waals surface area contributed by atoms with Gasteiger partial charge in [0, 0.05) is 12.8 Å². The molecule has 0 saturated heterocycles. The van der Waals surface area contributed by atoms with Crippen molar-refractivity contribution in [3.8, 4) is 0 Å². The third kappa shape index (κ3) is 67.3. The molecular weight excluding hydrogens is 995 g/mol. The summed E-state index contributed by atoms with van der Waals surface area (Å²) in [5.41, 5.74) is 0. The van der Waals surface area contributed by atoms with Gasteiger partial charge in [-0.25, -0.2) is 0 Å². The van der Waals surface area contributed by atoms with Gasteiger partial charge < -0.3 is 20.3 Å². The smallest absolute Gasteiger partial charge is 0.305 e. The molecule has 0 aliphatic heterocycles. The van der Waals surface area contributed by atoms with E-state index < -0.39 is 12.1 Å². The molecule has 480 valence electrons. The maximum absolute atomic E-state index is 12.5. The molecule has 81 heavy (non-hydrogen) atoms. The van der Waals surface area contributed by atoms with Crippen LogP contribution in [0.2, 0.25) is 0 Å². The van der Waals surface area contributed by atoms with Crippen LogP contribution in [0.4, 0.5) is 0 Å². The molecule has 0 aromatic carbocycles. The minimum Gasteiger partial charge on any atom is -0.466 e. The highest BCUT2D eigenvalue weighted by Gasteiger charge is 2.18. The molecule has 3 N–H and O–H groups in total. The molecular formula is C75H145NO5. The van der Waals surface area contributed by atoms with E-state index in [1.165, 1.54) is 347 Å². The third-order valence-corrected chi connectivity index (χ3v) is 17.5.